The Morgan fingerprint density at radius 2 is 0.487 bits per heavy atom. The molecule has 0 spiro atoms. The monoisotopic (exact) mass is 1110 g/mol. The first-order valence-electron chi connectivity index (χ1n) is 33.2. The fourth-order valence-electron chi connectivity index (χ4n) is 8.94. The van der Waals surface area contributed by atoms with Crippen LogP contribution in [0.4, 0.5) is 0 Å². The Kier molecular flexibility index (Phi) is 63.3. The minimum absolute atomic E-state index is 0.0964. The normalized spacial score (nSPS) is 13.0. The highest BCUT2D eigenvalue weighted by Gasteiger charge is 2.19. The van der Waals surface area contributed by atoms with Crippen LogP contribution in [0.5, 0.6) is 0 Å². The van der Waals surface area contributed by atoms with Crippen LogP contribution >= 0.6 is 0 Å². The highest BCUT2D eigenvalue weighted by atomic mass is 16.6. The number of carbonyl (C=O) groups excluding carboxylic acids is 3. The largest absolute Gasteiger partial charge is 0.462 e. The maximum absolute atomic E-state index is 12.9. The third-order valence-corrected chi connectivity index (χ3v) is 13.9. The smallest absolute Gasteiger partial charge is 0.306 e. The number of hydrogen-bond donors (Lipinski definition) is 0. The second kappa shape index (κ2) is 67.1. The maximum Gasteiger partial charge on any atom is 0.306 e. The minimum Gasteiger partial charge on any atom is -0.462 e. The minimum atomic E-state index is -0.802. The van der Waals surface area contributed by atoms with E-state index in [2.05, 4.69) is 154 Å². The Morgan fingerprint density at radius 3 is 0.800 bits per heavy atom. The lowest BCUT2D eigenvalue weighted by Gasteiger charge is -2.18. The van der Waals surface area contributed by atoms with Crippen molar-refractivity contribution in [3.63, 3.8) is 0 Å². The first-order chi connectivity index (χ1) is 39.5. The van der Waals surface area contributed by atoms with Crippen LogP contribution in [-0.2, 0) is 28.6 Å². The van der Waals surface area contributed by atoms with Gasteiger partial charge < -0.3 is 14.2 Å². The Morgan fingerprint density at radius 1 is 0.263 bits per heavy atom. The Bertz CT molecular complexity index is 1700. The average Bonchev–Trinajstić information content (AvgIpc) is 3.46. The summed E-state index contributed by atoms with van der Waals surface area (Å²) >= 11 is 0. The summed E-state index contributed by atoms with van der Waals surface area (Å²) in [6.07, 6.45) is 94.6. The summed E-state index contributed by atoms with van der Waals surface area (Å²) in [5.41, 5.74) is 0. The number of unbranched alkanes of at least 4 members (excludes halogenated alkanes) is 26. The maximum atomic E-state index is 12.9. The summed E-state index contributed by atoms with van der Waals surface area (Å²) < 4.78 is 16.9. The van der Waals surface area contributed by atoms with Crippen LogP contribution in [0.15, 0.2) is 134 Å². The first-order valence-corrected chi connectivity index (χ1v) is 33.2. The van der Waals surface area contributed by atoms with Crippen LogP contribution < -0.4 is 0 Å². The standard InChI is InChI=1S/C74H122O6/c1-4-7-10-13-16-19-22-25-28-29-30-31-32-33-34-35-36-37-38-39-40-41-42-43-44-45-47-49-52-55-58-61-64-67-73(76)79-70-71(69-78-72(75)66-63-60-57-54-51-48-27-24-21-18-15-12-9-6-3)80-74(77)68-65-62-59-56-53-50-46-26-23-20-17-14-11-8-5-2/h7,10,16,19,24-25,27-28,30-31,33-34,36-37,39-40,42-43,45,47,52,55,71H,4-6,8-9,11-15,17-18,20-23,26,29,32,35,38,41,44,46,48-51,53-54,56-70H2,1-3H3/b10-7-,19-16-,27-24-,28-25-,31-30-,34-33-,37-36-,40-39-,43-42-,47-45-,55-52-. The van der Waals surface area contributed by atoms with Crippen molar-refractivity contribution in [2.75, 3.05) is 13.2 Å². The van der Waals surface area contributed by atoms with Crippen molar-refractivity contribution in [2.24, 2.45) is 0 Å². The van der Waals surface area contributed by atoms with Crippen LogP contribution in [0.3, 0.4) is 0 Å². The van der Waals surface area contributed by atoms with Gasteiger partial charge in [0.05, 0.1) is 0 Å². The first kappa shape index (κ1) is 75.5. The molecule has 0 aliphatic heterocycles. The molecule has 0 radical (unpaired) electrons. The van der Waals surface area contributed by atoms with E-state index in [0.29, 0.717) is 25.7 Å². The number of esters is 3. The van der Waals surface area contributed by atoms with E-state index in [9.17, 15) is 14.4 Å². The van der Waals surface area contributed by atoms with Crippen LogP contribution in [0.25, 0.3) is 0 Å². The van der Waals surface area contributed by atoms with E-state index in [4.69, 9.17) is 14.2 Å². The van der Waals surface area contributed by atoms with Crippen molar-refractivity contribution in [2.45, 2.75) is 303 Å². The Hall–Kier alpha value is -4.45. The van der Waals surface area contributed by atoms with Gasteiger partial charge in [0.25, 0.3) is 0 Å². The fourth-order valence-corrected chi connectivity index (χ4v) is 8.94. The molecule has 0 saturated carbocycles. The number of hydrogen-bond acceptors (Lipinski definition) is 6. The zero-order valence-corrected chi connectivity index (χ0v) is 52.0. The summed E-state index contributed by atoms with van der Waals surface area (Å²) in [6, 6.07) is 0. The van der Waals surface area contributed by atoms with Gasteiger partial charge in [-0.2, -0.15) is 0 Å². The molecule has 6 nitrogen and oxygen atoms in total. The summed E-state index contributed by atoms with van der Waals surface area (Å²) in [5.74, 6) is -0.944. The molecule has 0 bridgehead atoms. The van der Waals surface area contributed by atoms with Gasteiger partial charge in [0.15, 0.2) is 6.10 Å². The molecule has 0 aromatic heterocycles. The van der Waals surface area contributed by atoms with Crippen LogP contribution in [0.2, 0.25) is 0 Å². The van der Waals surface area contributed by atoms with Crippen LogP contribution in [-0.4, -0.2) is 37.2 Å². The third kappa shape index (κ3) is 64.4. The molecule has 1 atom stereocenters. The molecular formula is C74H122O6. The third-order valence-electron chi connectivity index (χ3n) is 13.9. The molecule has 454 valence electrons. The number of carbonyl (C=O) groups is 3. The molecule has 6 heteroatoms. The van der Waals surface area contributed by atoms with E-state index in [1.54, 1.807) is 0 Å². The second-order valence-corrected chi connectivity index (χ2v) is 21.6. The molecule has 0 aromatic rings. The molecule has 0 N–H and O–H groups in total. The fraction of sp³-hybridized carbons (Fsp3) is 0.662. The van der Waals surface area contributed by atoms with E-state index in [0.717, 1.165) is 122 Å². The van der Waals surface area contributed by atoms with E-state index in [1.165, 1.54) is 128 Å². The molecule has 0 amide bonds. The number of allylic oxidation sites excluding steroid dienone is 22. The van der Waals surface area contributed by atoms with E-state index in [-0.39, 0.29) is 31.1 Å². The molecule has 0 heterocycles. The Balaban J connectivity index is 4.38. The number of rotatable bonds is 59. The highest BCUT2D eigenvalue weighted by molar-refractivity contribution is 5.71. The van der Waals surface area contributed by atoms with Crippen molar-refractivity contribution in [3.8, 4) is 0 Å². The molecule has 1 unspecified atom stereocenters. The summed E-state index contributed by atoms with van der Waals surface area (Å²) in [7, 11) is 0. The second-order valence-electron chi connectivity index (χ2n) is 21.6. The van der Waals surface area contributed by atoms with Crippen LogP contribution in [0.1, 0.15) is 297 Å². The molecule has 0 aliphatic carbocycles. The molecule has 0 saturated heterocycles. The average molecular weight is 1110 g/mol. The summed E-state index contributed by atoms with van der Waals surface area (Å²) in [5, 5.41) is 0. The molecule has 80 heavy (non-hydrogen) atoms. The molecule has 0 aliphatic rings. The lowest BCUT2D eigenvalue weighted by Crippen LogP contribution is -2.30. The van der Waals surface area contributed by atoms with Gasteiger partial charge in [0.1, 0.15) is 13.2 Å². The number of ether oxygens (including phenoxy) is 3. The predicted molar refractivity (Wildman–Crippen MR) is 348 cm³/mol. The highest BCUT2D eigenvalue weighted by Crippen LogP contribution is 2.16. The predicted octanol–water partition coefficient (Wildman–Crippen LogP) is 22.9. The van der Waals surface area contributed by atoms with Gasteiger partial charge in [-0.15, -0.1) is 0 Å². The van der Waals surface area contributed by atoms with Gasteiger partial charge in [-0.1, -0.05) is 289 Å². The van der Waals surface area contributed by atoms with Crippen LogP contribution in [0, 0.1) is 0 Å². The molecular weight excluding hydrogens is 985 g/mol. The molecule has 0 rings (SSSR count). The van der Waals surface area contributed by atoms with Gasteiger partial charge in [-0.3, -0.25) is 14.4 Å². The Labute approximate surface area is 494 Å². The van der Waals surface area contributed by atoms with Crippen molar-refractivity contribution in [3.05, 3.63) is 134 Å². The van der Waals surface area contributed by atoms with E-state index < -0.39 is 6.10 Å². The summed E-state index contributed by atoms with van der Waals surface area (Å²) in [4.78, 5) is 38.3. The van der Waals surface area contributed by atoms with Crippen molar-refractivity contribution in [1.29, 1.82) is 0 Å². The zero-order valence-electron chi connectivity index (χ0n) is 52.0. The van der Waals surface area contributed by atoms with E-state index in [1.807, 2.05) is 0 Å². The van der Waals surface area contributed by atoms with Gasteiger partial charge in [-0.05, 0) is 122 Å². The zero-order chi connectivity index (χ0) is 57.8. The van der Waals surface area contributed by atoms with Gasteiger partial charge in [-0.25, -0.2) is 0 Å². The lowest BCUT2D eigenvalue weighted by molar-refractivity contribution is -0.167. The molecule has 0 aromatic carbocycles. The van der Waals surface area contributed by atoms with Gasteiger partial charge in [0, 0.05) is 19.3 Å². The quantitative estimate of drug-likeness (QED) is 0.0261. The van der Waals surface area contributed by atoms with Crippen molar-refractivity contribution >= 4 is 17.9 Å². The van der Waals surface area contributed by atoms with Crippen molar-refractivity contribution < 1.29 is 28.6 Å². The van der Waals surface area contributed by atoms with E-state index >= 15 is 0 Å². The van der Waals surface area contributed by atoms with Gasteiger partial charge >= 0.3 is 17.9 Å². The SMILES string of the molecule is CC/C=C\C/C=C\C/C=C\C/C=C\C/C=C\C/C=C\C/C=C\C/C=C\C/C=C\C/C=C\CCCCC(=O)OCC(COC(=O)CCCCCCC/C=C\CCCCCCC)OC(=O)CCCCCCCCCCCCCCCCC. The van der Waals surface area contributed by atoms with Gasteiger partial charge in [0.2, 0.25) is 0 Å². The summed E-state index contributed by atoms with van der Waals surface area (Å²) in [6.45, 7) is 6.49. The lowest BCUT2D eigenvalue weighted by atomic mass is 10.0. The van der Waals surface area contributed by atoms with Crippen molar-refractivity contribution in [1.82, 2.24) is 0 Å². The molecule has 0 fully saturated rings. The topological polar surface area (TPSA) is 78.9 Å².